The average molecular weight is 330 g/mol. The van der Waals surface area contributed by atoms with Crippen LogP contribution in [0.5, 0.6) is 0 Å². The van der Waals surface area contributed by atoms with E-state index < -0.39 is 0 Å². The van der Waals surface area contributed by atoms with Crippen LogP contribution in [0.15, 0.2) is 53.9 Å². The van der Waals surface area contributed by atoms with Gasteiger partial charge in [-0.2, -0.15) is 0 Å². The minimum atomic E-state index is -0.363. The summed E-state index contributed by atoms with van der Waals surface area (Å²) in [6.45, 7) is 0. The van der Waals surface area contributed by atoms with Gasteiger partial charge in [-0.05, 0) is 18.2 Å². The Labute approximate surface area is 136 Å². The minimum Gasteiger partial charge on any atom is -0.290 e. The summed E-state index contributed by atoms with van der Waals surface area (Å²) in [5.41, 5.74) is 5.19. The number of benzene rings is 2. The summed E-state index contributed by atoms with van der Waals surface area (Å²) in [7, 11) is 0. The lowest BCUT2D eigenvalue weighted by atomic mass is 10.1. The second-order valence-electron chi connectivity index (χ2n) is 4.57. The lowest BCUT2D eigenvalue weighted by Gasteiger charge is -2.04. The Bertz CT molecular complexity index is 817. The number of hydrogen-bond acceptors (Lipinski definition) is 4. The van der Waals surface area contributed by atoms with Gasteiger partial charge in [0.25, 0.3) is 5.91 Å². The number of carbonyl (C=O) groups is 1. The normalized spacial score (nSPS) is 10.5. The van der Waals surface area contributed by atoms with E-state index in [-0.39, 0.29) is 5.91 Å². The fourth-order valence-electron chi connectivity index (χ4n) is 2.05. The molecule has 0 saturated heterocycles. The molecule has 3 aromatic rings. The number of rotatable bonds is 3. The van der Waals surface area contributed by atoms with Crippen molar-refractivity contribution in [2.24, 2.45) is 5.84 Å². The van der Waals surface area contributed by atoms with Crippen molar-refractivity contribution in [3.8, 4) is 21.8 Å². The molecule has 3 N–H and O–H groups in total. The SMILES string of the molecule is NNC(=O)c1ccc(Cl)c(-c2nc(-c3ccccc3)cs2)c1. The van der Waals surface area contributed by atoms with Gasteiger partial charge in [0.05, 0.1) is 10.7 Å². The first kappa shape index (κ1) is 14.7. The number of nitrogens with one attached hydrogen (secondary N) is 1. The number of nitrogen functional groups attached to an aromatic ring is 1. The van der Waals surface area contributed by atoms with Gasteiger partial charge in [0.15, 0.2) is 0 Å². The quantitative estimate of drug-likeness (QED) is 0.437. The van der Waals surface area contributed by atoms with Crippen LogP contribution in [0.4, 0.5) is 0 Å². The van der Waals surface area contributed by atoms with Crippen LogP contribution in [0.1, 0.15) is 10.4 Å². The lowest BCUT2D eigenvalue weighted by molar-refractivity contribution is 0.0953. The van der Waals surface area contributed by atoms with Crippen LogP contribution in [0.2, 0.25) is 5.02 Å². The van der Waals surface area contributed by atoms with Crippen molar-refractivity contribution in [1.82, 2.24) is 10.4 Å². The molecule has 0 aliphatic rings. The van der Waals surface area contributed by atoms with E-state index in [4.69, 9.17) is 17.4 Å². The smallest absolute Gasteiger partial charge is 0.265 e. The molecule has 110 valence electrons. The van der Waals surface area contributed by atoms with Crippen molar-refractivity contribution < 1.29 is 4.79 Å². The van der Waals surface area contributed by atoms with E-state index in [2.05, 4.69) is 10.4 Å². The molecule has 22 heavy (non-hydrogen) atoms. The van der Waals surface area contributed by atoms with Gasteiger partial charge in [-0.25, -0.2) is 10.8 Å². The average Bonchev–Trinajstić information content (AvgIpc) is 3.05. The molecule has 0 aliphatic heterocycles. The highest BCUT2D eigenvalue weighted by molar-refractivity contribution is 7.13. The summed E-state index contributed by atoms with van der Waals surface area (Å²) < 4.78 is 0. The third-order valence-corrected chi connectivity index (χ3v) is 4.37. The van der Waals surface area contributed by atoms with E-state index in [0.29, 0.717) is 10.6 Å². The zero-order chi connectivity index (χ0) is 15.5. The zero-order valence-corrected chi connectivity index (χ0v) is 13.0. The van der Waals surface area contributed by atoms with Gasteiger partial charge in [0, 0.05) is 22.1 Å². The van der Waals surface area contributed by atoms with Crippen molar-refractivity contribution >= 4 is 28.8 Å². The number of nitrogens with two attached hydrogens (primary N) is 1. The summed E-state index contributed by atoms with van der Waals surface area (Å²) in [6.07, 6.45) is 0. The fourth-order valence-corrected chi connectivity index (χ4v) is 3.17. The van der Waals surface area contributed by atoms with Crippen molar-refractivity contribution in [2.45, 2.75) is 0 Å². The highest BCUT2D eigenvalue weighted by Gasteiger charge is 2.13. The number of hydrogen-bond donors (Lipinski definition) is 2. The molecule has 1 aromatic heterocycles. The van der Waals surface area contributed by atoms with Crippen LogP contribution in [0.25, 0.3) is 21.8 Å². The molecule has 1 amide bonds. The van der Waals surface area contributed by atoms with Crippen LogP contribution in [0, 0.1) is 0 Å². The molecule has 0 unspecified atom stereocenters. The van der Waals surface area contributed by atoms with Gasteiger partial charge in [-0.3, -0.25) is 10.2 Å². The molecule has 6 heteroatoms. The standard InChI is InChI=1S/C16H12ClN3OS/c17-13-7-6-11(15(21)20-18)8-12(13)16-19-14(9-22-16)10-4-2-1-3-5-10/h1-9H,18H2,(H,20,21). The highest BCUT2D eigenvalue weighted by Crippen LogP contribution is 2.33. The van der Waals surface area contributed by atoms with Crippen molar-refractivity contribution in [3.63, 3.8) is 0 Å². The van der Waals surface area contributed by atoms with E-state index in [1.54, 1.807) is 18.2 Å². The number of nitrogens with zero attached hydrogens (tertiary/aromatic N) is 1. The second kappa shape index (κ2) is 6.27. The summed E-state index contributed by atoms with van der Waals surface area (Å²) in [4.78, 5) is 16.2. The first-order valence-electron chi connectivity index (χ1n) is 6.51. The van der Waals surface area contributed by atoms with Crippen molar-refractivity contribution in [1.29, 1.82) is 0 Å². The topological polar surface area (TPSA) is 68.0 Å². The molecule has 0 spiro atoms. The van der Waals surface area contributed by atoms with Gasteiger partial charge in [-0.15, -0.1) is 11.3 Å². The van der Waals surface area contributed by atoms with Crippen LogP contribution in [0.3, 0.4) is 0 Å². The highest BCUT2D eigenvalue weighted by atomic mass is 35.5. The summed E-state index contributed by atoms with van der Waals surface area (Å²) >= 11 is 7.72. The number of halogens is 1. The van der Waals surface area contributed by atoms with Crippen LogP contribution < -0.4 is 11.3 Å². The number of carbonyl (C=O) groups excluding carboxylic acids is 1. The third-order valence-electron chi connectivity index (χ3n) is 3.16. The maximum atomic E-state index is 11.6. The van der Waals surface area contributed by atoms with Crippen LogP contribution >= 0.6 is 22.9 Å². The molecular weight excluding hydrogens is 318 g/mol. The molecule has 0 fully saturated rings. The Morgan fingerprint density at radius 3 is 2.68 bits per heavy atom. The predicted octanol–water partition coefficient (Wildman–Crippen LogP) is 3.73. The second-order valence-corrected chi connectivity index (χ2v) is 5.84. The zero-order valence-electron chi connectivity index (χ0n) is 11.4. The molecule has 0 atom stereocenters. The maximum Gasteiger partial charge on any atom is 0.265 e. The van der Waals surface area contributed by atoms with Gasteiger partial charge in [0.2, 0.25) is 0 Å². The maximum absolute atomic E-state index is 11.6. The van der Waals surface area contributed by atoms with Crippen molar-refractivity contribution in [3.05, 3.63) is 64.5 Å². The Morgan fingerprint density at radius 1 is 1.18 bits per heavy atom. The Kier molecular flexibility index (Phi) is 4.20. The molecule has 0 saturated carbocycles. The largest absolute Gasteiger partial charge is 0.290 e. The first-order valence-corrected chi connectivity index (χ1v) is 7.76. The molecule has 0 aliphatic carbocycles. The molecule has 1 heterocycles. The fraction of sp³-hybridized carbons (Fsp3) is 0. The Hall–Kier alpha value is -2.21. The first-order chi connectivity index (χ1) is 10.7. The Morgan fingerprint density at radius 2 is 1.95 bits per heavy atom. The van der Waals surface area contributed by atoms with Gasteiger partial charge in [-0.1, -0.05) is 41.9 Å². The molecule has 0 bridgehead atoms. The number of amides is 1. The van der Waals surface area contributed by atoms with Gasteiger partial charge < -0.3 is 0 Å². The number of thiazole rings is 1. The summed E-state index contributed by atoms with van der Waals surface area (Å²) in [6, 6.07) is 14.9. The molecular formula is C16H12ClN3OS. The summed E-state index contributed by atoms with van der Waals surface area (Å²) in [5.74, 6) is 4.80. The monoisotopic (exact) mass is 329 g/mol. The van der Waals surface area contributed by atoms with E-state index >= 15 is 0 Å². The van der Waals surface area contributed by atoms with Crippen molar-refractivity contribution in [2.75, 3.05) is 0 Å². The van der Waals surface area contributed by atoms with Gasteiger partial charge >= 0.3 is 0 Å². The molecule has 2 aromatic carbocycles. The summed E-state index contributed by atoms with van der Waals surface area (Å²) in [5, 5.41) is 3.27. The van der Waals surface area contributed by atoms with Crippen LogP contribution in [-0.4, -0.2) is 10.9 Å². The van der Waals surface area contributed by atoms with Crippen LogP contribution in [-0.2, 0) is 0 Å². The lowest BCUT2D eigenvalue weighted by Crippen LogP contribution is -2.29. The Balaban J connectivity index is 2.01. The minimum absolute atomic E-state index is 0.363. The molecule has 4 nitrogen and oxygen atoms in total. The number of hydrazine groups is 1. The molecule has 3 rings (SSSR count). The van der Waals surface area contributed by atoms with E-state index in [9.17, 15) is 4.79 Å². The van der Waals surface area contributed by atoms with Gasteiger partial charge in [0.1, 0.15) is 5.01 Å². The third kappa shape index (κ3) is 2.87. The van der Waals surface area contributed by atoms with E-state index in [0.717, 1.165) is 21.8 Å². The van der Waals surface area contributed by atoms with E-state index in [1.165, 1.54) is 11.3 Å². The van der Waals surface area contributed by atoms with E-state index in [1.807, 2.05) is 35.7 Å². The molecule has 0 radical (unpaired) electrons. The predicted molar refractivity (Wildman–Crippen MR) is 89.6 cm³/mol. The number of aromatic nitrogens is 1.